The van der Waals surface area contributed by atoms with Gasteiger partial charge in [-0.2, -0.15) is 0 Å². The van der Waals surface area contributed by atoms with Crippen molar-refractivity contribution in [2.24, 2.45) is 5.73 Å². The van der Waals surface area contributed by atoms with Gasteiger partial charge in [-0.05, 0) is 12.6 Å². The van der Waals surface area contributed by atoms with Crippen molar-refractivity contribution < 1.29 is 18.7 Å². The minimum absolute atomic E-state index is 0.0248. The van der Waals surface area contributed by atoms with Crippen molar-refractivity contribution in [2.75, 3.05) is 13.3 Å². The van der Waals surface area contributed by atoms with Crippen LogP contribution in [-0.2, 0) is 0 Å². The van der Waals surface area contributed by atoms with Crippen LogP contribution in [0.15, 0.2) is 6.07 Å². The van der Waals surface area contributed by atoms with Gasteiger partial charge in [0.2, 0.25) is 6.79 Å². The predicted molar refractivity (Wildman–Crippen MR) is 55.5 cm³/mol. The molecule has 0 bridgehead atoms. The van der Waals surface area contributed by atoms with Crippen molar-refractivity contribution in [1.82, 2.24) is 0 Å². The summed E-state index contributed by atoms with van der Waals surface area (Å²) in [5.41, 5.74) is 5.12. The average Bonchev–Trinajstić information content (AvgIpc) is 2.71. The van der Waals surface area contributed by atoms with Gasteiger partial charge in [0.25, 0.3) is 0 Å². The van der Waals surface area contributed by atoms with E-state index < -0.39 is 11.6 Å². The van der Waals surface area contributed by atoms with Crippen LogP contribution in [0.5, 0.6) is 11.5 Å². The van der Waals surface area contributed by atoms with Crippen molar-refractivity contribution in [3.8, 4) is 11.5 Å². The Balaban J connectivity index is 2.47. The highest BCUT2D eigenvalue weighted by molar-refractivity contribution is 6.33. The molecule has 2 N–H and O–H groups in total. The molecule has 1 aliphatic heterocycles. The van der Waals surface area contributed by atoms with Gasteiger partial charge in [-0.3, -0.25) is 4.79 Å². The van der Waals surface area contributed by atoms with E-state index in [1.54, 1.807) is 0 Å². The zero-order chi connectivity index (χ0) is 11.7. The molecule has 1 aromatic carbocycles. The summed E-state index contributed by atoms with van der Waals surface area (Å²) < 4.78 is 23.7. The van der Waals surface area contributed by atoms with Gasteiger partial charge in [-0.15, -0.1) is 0 Å². The molecule has 0 radical (unpaired) electrons. The van der Waals surface area contributed by atoms with Gasteiger partial charge in [0.1, 0.15) is 5.02 Å². The van der Waals surface area contributed by atoms with Gasteiger partial charge in [0.05, 0.1) is 5.56 Å². The third-order valence-electron chi connectivity index (χ3n) is 2.22. The molecule has 0 aliphatic carbocycles. The van der Waals surface area contributed by atoms with Gasteiger partial charge < -0.3 is 15.2 Å². The maximum atomic E-state index is 13.7. The number of nitrogens with two attached hydrogens (primary N) is 1. The molecule has 0 unspecified atom stereocenters. The second-order valence-corrected chi connectivity index (χ2v) is 3.63. The highest BCUT2D eigenvalue weighted by atomic mass is 35.5. The first-order valence-corrected chi connectivity index (χ1v) is 5.03. The van der Waals surface area contributed by atoms with E-state index in [1.165, 1.54) is 6.07 Å². The molecule has 1 heterocycles. The molecule has 16 heavy (non-hydrogen) atoms. The number of hydrogen-bond acceptors (Lipinski definition) is 4. The number of rotatable bonds is 3. The molecule has 0 saturated heterocycles. The van der Waals surface area contributed by atoms with Crippen molar-refractivity contribution in [2.45, 2.75) is 6.42 Å². The number of fused-ring (bicyclic) bond motifs is 1. The van der Waals surface area contributed by atoms with Crippen LogP contribution in [-0.4, -0.2) is 19.1 Å². The van der Waals surface area contributed by atoms with Gasteiger partial charge in [-0.25, -0.2) is 4.39 Å². The Morgan fingerprint density at radius 1 is 1.56 bits per heavy atom. The topological polar surface area (TPSA) is 61.6 Å². The second-order valence-electron chi connectivity index (χ2n) is 3.25. The van der Waals surface area contributed by atoms with Crippen LogP contribution in [0.2, 0.25) is 5.02 Å². The summed E-state index contributed by atoms with van der Waals surface area (Å²) in [5.74, 6) is -0.764. The summed E-state index contributed by atoms with van der Waals surface area (Å²) in [7, 11) is 0. The molecule has 0 amide bonds. The van der Waals surface area contributed by atoms with E-state index in [0.717, 1.165) is 0 Å². The molecule has 6 heteroatoms. The molecule has 0 fully saturated rings. The summed E-state index contributed by atoms with van der Waals surface area (Å²) in [6, 6.07) is 1.29. The van der Waals surface area contributed by atoms with Crippen LogP contribution < -0.4 is 15.2 Å². The zero-order valence-electron chi connectivity index (χ0n) is 8.26. The van der Waals surface area contributed by atoms with Crippen LogP contribution in [0, 0.1) is 5.82 Å². The lowest BCUT2D eigenvalue weighted by molar-refractivity contribution is 0.0981. The molecule has 0 saturated carbocycles. The minimum Gasteiger partial charge on any atom is -0.454 e. The van der Waals surface area contributed by atoms with Crippen molar-refractivity contribution in [1.29, 1.82) is 0 Å². The van der Waals surface area contributed by atoms with E-state index in [4.69, 9.17) is 26.8 Å². The smallest absolute Gasteiger partial charge is 0.231 e. The van der Waals surface area contributed by atoms with Crippen LogP contribution >= 0.6 is 11.6 Å². The van der Waals surface area contributed by atoms with Crippen molar-refractivity contribution in [3.63, 3.8) is 0 Å². The Morgan fingerprint density at radius 2 is 2.31 bits per heavy atom. The Kier molecular flexibility index (Phi) is 2.98. The Morgan fingerprint density at radius 3 is 3.00 bits per heavy atom. The molecule has 2 rings (SSSR count). The van der Waals surface area contributed by atoms with Gasteiger partial charge in [-0.1, -0.05) is 11.6 Å². The average molecular weight is 246 g/mol. The highest BCUT2D eigenvalue weighted by Crippen LogP contribution is 2.42. The highest BCUT2D eigenvalue weighted by Gasteiger charge is 2.25. The van der Waals surface area contributed by atoms with Crippen LogP contribution in [0.1, 0.15) is 16.8 Å². The minimum atomic E-state index is -0.788. The number of hydrogen-bond donors (Lipinski definition) is 1. The number of ketones is 1. The quantitative estimate of drug-likeness (QED) is 0.824. The van der Waals surface area contributed by atoms with E-state index in [0.29, 0.717) is 0 Å². The summed E-state index contributed by atoms with van der Waals surface area (Å²) >= 11 is 5.72. The number of Topliss-reactive ketones (excluding diaryl/α,β-unsaturated/α-hetero) is 1. The maximum absolute atomic E-state index is 13.7. The lowest BCUT2D eigenvalue weighted by atomic mass is 10.1. The lowest BCUT2D eigenvalue weighted by Crippen LogP contribution is -2.10. The number of ether oxygens (including phenoxy) is 2. The monoisotopic (exact) mass is 245 g/mol. The fourth-order valence-corrected chi connectivity index (χ4v) is 1.70. The molecular weight excluding hydrogens is 237 g/mol. The Labute approximate surface area is 96.1 Å². The maximum Gasteiger partial charge on any atom is 0.231 e. The van der Waals surface area contributed by atoms with Crippen LogP contribution in [0.4, 0.5) is 4.39 Å². The van der Waals surface area contributed by atoms with Crippen LogP contribution in [0.3, 0.4) is 0 Å². The number of benzene rings is 1. The van der Waals surface area contributed by atoms with Gasteiger partial charge >= 0.3 is 0 Å². The molecule has 0 aromatic heterocycles. The molecule has 4 nitrogen and oxygen atoms in total. The molecule has 1 aromatic rings. The number of carbonyl (C=O) groups is 1. The molecule has 0 atom stereocenters. The Hall–Kier alpha value is -1.33. The van der Waals surface area contributed by atoms with E-state index in [9.17, 15) is 9.18 Å². The van der Waals surface area contributed by atoms with E-state index in [-0.39, 0.29) is 41.8 Å². The molecule has 86 valence electrons. The first kappa shape index (κ1) is 11.2. The van der Waals surface area contributed by atoms with Gasteiger partial charge in [0, 0.05) is 6.42 Å². The fourth-order valence-electron chi connectivity index (χ4n) is 1.45. The standard InChI is InChI=1S/C10H9ClFNO3/c11-8-9(12)5(6(14)1-2-13)3-7-10(8)16-4-15-7/h3H,1-2,4,13H2. The Bertz CT molecular complexity index is 450. The van der Waals surface area contributed by atoms with E-state index >= 15 is 0 Å². The first-order valence-electron chi connectivity index (χ1n) is 4.66. The third-order valence-corrected chi connectivity index (χ3v) is 2.55. The van der Waals surface area contributed by atoms with Crippen LogP contribution in [0.25, 0.3) is 0 Å². The van der Waals surface area contributed by atoms with E-state index in [2.05, 4.69) is 0 Å². The first-order chi connectivity index (χ1) is 7.65. The van der Waals surface area contributed by atoms with E-state index in [1.807, 2.05) is 0 Å². The number of carbonyl (C=O) groups excluding carboxylic acids is 1. The largest absolute Gasteiger partial charge is 0.454 e. The summed E-state index contributed by atoms with van der Waals surface area (Å²) in [4.78, 5) is 11.5. The molecule has 0 spiro atoms. The SMILES string of the molecule is NCCC(=O)c1cc2c(c(Cl)c1F)OCO2. The lowest BCUT2D eigenvalue weighted by Gasteiger charge is -2.06. The van der Waals surface area contributed by atoms with Crippen molar-refractivity contribution >= 4 is 17.4 Å². The summed E-state index contributed by atoms with van der Waals surface area (Å²) in [6.07, 6.45) is 0.0624. The second kappa shape index (κ2) is 4.27. The third kappa shape index (κ3) is 1.72. The van der Waals surface area contributed by atoms with Gasteiger partial charge in [0.15, 0.2) is 23.1 Å². The molecular formula is C10H9ClFNO3. The summed E-state index contributed by atoms with van der Waals surface area (Å²) in [5, 5.41) is -0.227. The zero-order valence-corrected chi connectivity index (χ0v) is 9.01. The number of halogens is 2. The fraction of sp³-hybridized carbons (Fsp3) is 0.300. The summed E-state index contributed by atoms with van der Waals surface area (Å²) in [6.45, 7) is 0.132. The van der Waals surface area contributed by atoms with Crippen molar-refractivity contribution in [3.05, 3.63) is 22.5 Å². The normalized spacial score (nSPS) is 12.9. The predicted octanol–water partition coefficient (Wildman–Crippen LogP) is 1.74. The molecule has 1 aliphatic rings.